The molecule has 1 aromatic carbocycles. The summed E-state index contributed by atoms with van der Waals surface area (Å²) in [6.45, 7) is 3.20. The topological polar surface area (TPSA) is 16.8 Å². The van der Waals surface area contributed by atoms with E-state index < -0.39 is 0 Å². The lowest BCUT2D eigenvalue weighted by atomic mass is 10.3. The average molecular weight is 417 g/mol. The fraction of sp³-hybridized carbons (Fsp3) is 0.200. The number of aryl methyl sites for hydroxylation is 1. The summed E-state index contributed by atoms with van der Waals surface area (Å²) in [5, 5.41) is 1.74. The van der Waals surface area contributed by atoms with Gasteiger partial charge in [-0.25, -0.2) is 9.55 Å². The van der Waals surface area contributed by atoms with Crippen LogP contribution in [0.25, 0.3) is 20.8 Å². The summed E-state index contributed by atoms with van der Waals surface area (Å²) < 4.78 is 3.33. The van der Waals surface area contributed by atoms with Gasteiger partial charge in [-0.05, 0) is 18.2 Å². The van der Waals surface area contributed by atoms with Crippen LogP contribution in [0.15, 0.2) is 42.7 Å². The molecule has 104 valence electrons. The smallest absolute Gasteiger partial charge is 0.179 e. The lowest BCUT2D eigenvalue weighted by Gasteiger charge is -1.96. The van der Waals surface area contributed by atoms with E-state index in [-0.39, 0.29) is 24.0 Å². The summed E-state index contributed by atoms with van der Waals surface area (Å²) in [4.78, 5) is 4.66. The van der Waals surface area contributed by atoms with Crippen LogP contribution < -0.4 is 28.5 Å². The number of hydrogen-bond donors (Lipinski definition) is 0. The molecule has 0 aliphatic rings. The van der Waals surface area contributed by atoms with E-state index in [1.54, 1.807) is 11.3 Å². The van der Waals surface area contributed by atoms with E-state index in [0.717, 1.165) is 38.8 Å². The highest BCUT2D eigenvalue weighted by molar-refractivity contribution is 7.21. The Bertz CT molecular complexity index is 727. The zero-order valence-corrected chi connectivity index (χ0v) is 14.7. The van der Waals surface area contributed by atoms with Crippen molar-refractivity contribution in [2.24, 2.45) is 0 Å². The van der Waals surface area contributed by atoms with Gasteiger partial charge in [0.25, 0.3) is 0 Å². The lowest BCUT2D eigenvalue weighted by molar-refractivity contribution is -0.696. The Hall–Kier alpha value is -0.720. The second-order valence-electron chi connectivity index (χ2n) is 4.44. The van der Waals surface area contributed by atoms with Crippen LogP contribution in [-0.4, -0.2) is 4.98 Å². The number of rotatable bonds is 3. The molecule has 0 saturated heterocycles. The molecule has 0 atom stereocenters. The molecule has 0 amide bonds. The van der Waals surface area contributed by atoms with Crippen molar-refractivity contribution in [2.45, 2.75) is 19.9 Å². The molecule has 0 aliphatic heterocycles. The van der Waals surface area contributed by atoms with Crippen molar-refractivity contribution >= 4 is 33.2 Å². The maximum atomic E-state index is 6.18. The van der Waals surface area contributed by atoms with Crippen molar-refractivity contribution in [3.8, 4) is 10.6 Å². The quantitative estimate of drug-likeness (QED) is 0.465. The molecule has 20 heavy (non-hydrogen) atoms. The van der Waals surface area contributed by atoms with E-state index >= 15 is 0 Å². The number of fused-ring (bicyclic) bond motifs is 1. The van der Waals surface area contributed by atoms with E-state index in [1.807, 2.05) is 12.1 Å². The summed E-state index contributed by atoms with van der Waals surface area (Å²) >= 11 is 7.86. The molecular weight excluding hydrogens is 403 g/mol. The maximum Gasteiger partial charge on any atom is 0.179 e. The second kappa shape index (κ2) is 6.83. The molecule has 0 spiro atoms. The largest absolute Gasteiger partial charge is 1.00 e. The molecule has 3 rings (SSSR count). The molecular formula is C15H14ClIN2S. The van der Waals surface area contributed by atoms with Gasteiger partial charge >= 0.3 is 0 Å². The van der Waals surface area contributed by atoms with Gasteiger partial charge in [0, 0.05) is 12.5 Å². The number of nitrogens with zero attached hydrogens (tertiary/aromatic N) is 2. The first kappa shape index (κ1) is 15.7. The van der Waals surface area contributed by atoms with Crippen LogP contribution in [0.4, 0.5) is 0 Å². The Kier molecular flexibility index (Phi) is 5.35. The Labute approximate surface area is 144 Å². The van der Waals surface area contributed by atoms with E-state index in [9.17, 15) is 0 Å². The van der Waals surface area contributed by atoms with Crippen LogP contribution >= 0.6 is 22.9 Å². The van der Waals surface area contributed by atoms with Crippen molar-refractivity contribution in [1.82, 2.24) is 4.98 Å². The summed E-state index contributed by atoms with van der Waals surface area (Å²) in [6, 6.07) is 10.1. The number of benzene rings is 1. The first-order chi connectivity index (χ1) is 9.28. The molecule has 0 bridgehead atoms. The molecule has 0 fully saturated rings. The first-order valence-electron chi connectivity index (χ1n) is 6.32. The Morgan fingerprint density at radius 1 is 1.25 bits per heavy atom. The number of para-hydroxylation sites is 1. The first-order valence-corrected chi connectivity index (χ1v) is 7.52. The van der Waals surface area contributed by atoms with Crippen LogP contribution in [0.5, 0.6) is 0 Å². The molecule has 0 unspecified atom stereocenters. The average Bonchev–Trinajstić information content (AvgIpc) is 2.85. The zero-order valence-electron chi connectivity index (χ0n) is 11.0. The molecule has 2 heterocycles. The molecule has 5 heteroatoms. The third-order valence-electron chi connectivity index (χ3n) is 2.96. The molecule has 0 saturated carbocycles. The van der Waals surface area contributed by atoms with Crippen molar-refractivity contribution in [2.75, 3.05) is 0 Å². The van der Waals surface area contributed by atoms with Crippen molar-refractivity contribution in [3.63, 3.8) is 0 Å². The molecule has 2 aromatic heterocycles. The van der Waals surface area contributed by atoms with Crippen LogP contribution in [0.2, 0.25) is 5.02 Å². The summed E-state index contributed by atoms with van der Waals surface area (Å²) in [5.41, 5.74) is 2.04. The van der Waals surface area contributed by atoms with Crippen molar-refractivity contribution in [1.29, 1.82) is 0 Å². The monoisotopic (exact) mass is 416 g/mol. The number of hydrogen-bond acceptors (Lipinski definition) is 2. The molecule has 0 aliphatic carbocycles. The minimum atomic E-state index is 0. The highest BCUT2D eigenvalue weighted by atomic mass is 127. The Morgan fingerprint density at radius 2 is 2.10 bits per heavy atom. The highest BCUT2D eigenvalue weighted by Gasteiger charge is 2.11. The second-order valence-corrected chi connectivity index (χ2v) is 5.87. The van der Waals surface area contributed by atoms with Gasteiger partial charge in [-0.2, -0.15) is 0 Å². The Morgan fingerprint density at radius 3 is 2.85 bits per heavy atom. The van der Waals surface area contributed by atoms with E-state index in [1.165, 1.54) is 0 Å². The number of thiazole rings is 1. The van der Waals surface area contributed by atoms with E-state index in [2.05, 4.69) is 47.1 Å². The minimum absolute atomic E-state index is 0. The third-order valence-corrected chi connectivity index (χ3v) is 4.33. The molecule has 0 N–H and O–H groups in total. The van der Waals surface area contributed by atoms with Crippen LogP contribution in [0.3, 0.4) is 0 Å². The van der Waals surface area contributed by atoms with Gasteiger partial charge < -0.3 is 24.0 Å². The summed E-state index contributed by atoms with van der Waals surface area (Å²) in [7, 11) is 0. The van der Waals surface area contributed by atoms with Gasteiger partial charge in [-0.3, -0.25) is 0 Å². The summed E-state index contributed by atoms with van der Waals surface area (Å²) in [5.74, 6) is 0. The number of halogens is 2. The van der Waals surface area contributed by atoms with Crippen LogP contribution in [0.1, 0.15) is 13.3 Å². The van der Waals surface area contributed by atoms with E-state index in [0.29, 0.717) is 0 Å². The zero-order chi connectivity index (χ0) is 13.2. The third kappa shape index (κ3) is 3.13. The van der Waals surface area contributed by atoms with Crippen molar-refractivity contribution < 1.29 is 28.5 Å². The Balaban J connectivity index is 0.00000147. The molecule has 0 radical (unpaired) electrons. The van der Waals surface area contributed by atoms with Gasteiger partial charge in [0.1, 0.15) is 17.1 Å². The van der Waals surface area contributed by atoms with Gasteiger partial charge in [0.15, 0.2) is 12.4 Å². The van der Waals surface area contributed by atoms with Crippen LogP contribution in [0, 0.1) is 0 Å². The minimum Gasteiger partial charge on any atom is -1.00 e. The maximum absolute atomic E-state index is 6.18. The fourth-order valence-corrected chi connectivity index (χ4v) is 3.34. The summed E-state index contributed by atoms with van der Waals surface area (Å²) in [6.07, 6.45) is 5.36. The van der Waals surface area contributed by atoms with E-state index in [4.69, 9.17) is 11.6 Å². The van der Waals surface area contributed by atoms with Gasteiger partial charge in [0.05, 0.1) is 15.3 Å². The van der Waals surface area contributed by atoms with Crippen LogP contribution in [-0.2, 0) is 6.54 Å². The van der Waals surface area contributed by atoms with Crippen molar-refractivity contribution in [3.05, 3.63) is 47.7 Å². The van der Waals surface area contributed by atoms with Gasteiger partial charge in [-0.1, -0.05) is 24.6 Å². The van der Waals surface area contributed by atoms with Gasteiger partial charge in [0.2, 0.25) is 0 Å². The standard InChI is InChI=1S/C15H14ClN2S.HI/c1-2-8-18-9-4-5-11(10-18)15-17-14-12(16)6-3-7-13(14)19-15;/h3-7,9-10H,2,8H2,1H3;1H/q+1;/p-1. The SMILES string of the molecule is CCC[n+]1cccc(-c2nc3c(Cl)cccc3s2)c1.[I-]. The lowest BCUT2D eigenvalue weighted by Crippen LogP contribution is -3.00. The number of pyridine rings is 1. The highest BCUT2D eigenvalue weighted by Crippen LogP contribution is 2.32. The normalized spacial score (nSPS) is 10.5. The predicted octanol–water partition coefficient (Wildman–Crippen LogP) is 1.32. The fourth-order valence-electron chi connectivity index (χ4n) is 2.08. The molecule has 2 nitrogen and oxygen atoms in total. The predicted molar refractivity (Wildman–Crippen MR) is 80.6 cm³/mol. The van der Waals surface area contributed by atoms with Gasteiger partial charge in [-0.15, -0.1) is 11.3 Å². The molecule has 3 aromatic rings. The number of aromatic nitrogens is 2.